The van der Waals surface area contributed by atoms with Crippen LogP contribution < -0.4 is 0 Å². The van der Waals surface area contributed by atoms with Crippen LogP contribution >= 0.6 is 0 Å². The van der Waals surface area contributed by atoms with Gasteiger partial charge in [-0.2, -0.15) is 0 Å². The molecule has 0 spiro atoms. The quantitative estimate of drug-likeness (QED) is 0.206. The first-order valence-corrected chi connectivity index (χ1v) is 15.9. The highest BCUT2D eigenvalue weighted by molar-refractivity contribution is 6.37. The van der Waals surface area contributed by atoms with Crippen LogP contribution in [0.5, 0.6) is 0 Å². The van der Waals surface area contributed by atoms with Crippen molar-refractivity contribution in [2.75, 3.05) is 0 Å². The van der Waals surface area contributed by atoms with Crippen LogP contribution in [0.2, 0.25) is 0 Å². The van der Waals surface area contributed by atoms with Crippen LogP contribution in [0, 0.1) is 0 Å². The van der Waals surface area contributed by atoms with Gasteiger partial charge in [0.1, 0.15) is 0 Å². The molecular formula is C42H28N4. The minimum atomic E-state index is 0.701. The van der Waals surface area contributed by atoms with Crippen LogP contribution in [0.1, 0.15) is 17.7 Å². The average molecular weight is 589 g/mol. The van der Waals surface area contributed by atoms with Crippen LogP contribution in [-0.4, -0.2) is 19.1 Å². The second kappa shape index (κ2) is 9.75. The monoisotopic (exact) mass is 588 g/mol. The molecule has 46 heavy (non-hydrogen) atoms. The number of allylic oxidation sites excluding steroid dienone is 1. The second-order valence-corrected chi connectivity index (χ2v) is 12.1. The van der Waals surface area contributed by atoms with Crippen molar-refractivity contribution in [3.8, 4) is 22.9 Å². The number of rotatable bonds is 3. The fourth-order valence-electron chi connectivity index (χ4n) is 7.68. The maximum atomic E-state index is 5.41. The number of benzene rings is 6. The molecule has 216 valence electrons. The van der Waals surface area contributed by atoms with Crippen LogP contribution in [0.3, 0.4) is 0 Å². The lowest BCUT2D eigenvalue weighted by atomic mass is 9.96. The van der Waals surface area contributed by atoms with Gasteiger partial charge in [-0.3, -0.25) is 4.57 Å². The van der Waals surface area contributed by atoms with Gasteiger partial charge in [-0.25, -0.2) is 9.97 Å². The van der Waals surface area contributed by atoms with Crippen molar-refractivity contribution in [2.24, 2.45) is 0 Å². The average Bonchev–Trinajstić information content (AvgIpc) is 3.66. The van der Waals surface area contributed by atoms with Gasteiger partial charge in [0.25, 0.3) is 0 Å². The third-order valence-corrected chi connectivity index (χ3v) is 9.56. The molecule has 0 fully saturated rings. The number of aromatic nitrogens is 4. The van der Waals surface area contributed by atoms with E-state index in [1.165, 1.54) is 48.9 Å². The van der Waals surface area contributed by atoms with E-state index in [-0.39, 0.29) is 0 Å². The van der Waals surface area contributed by atoms with Gasteiger partial charge in [-0.15, -0.1) is 0 Å². The molecule has 0 atom stereocenters. The predicted octanol–water partition coefficient (Wildman–Crippen LogP) is 10.5. The molecule has 9 aromatic rings. The first-order valence-electron chi connectivity index (χ1n) is 15.9. The fourth-order valence-corrected chi connectivity index (χ4v) is 7.68. The number of nitrogens with zero attached hydrogens (tertiary/aromatic N) is 4. The standard InChI is InChI=1S/C42H28N4/c1-3-15-27(16-4-1)39-31-21-9-12-24-34(31)43-42(44-39)46-36-26-14-11-23-33(36)38-37-32-22-10-13-25-35(32)45(28-17-5-2-6-18-28)40(37)29-19-7-8-20-30(29)41(38)46/h1-8,10-20,22-26H,9,21H2. The van der Waals surface area contributed by atoms with Crippen LogP contribution in [0.15, 0.2) is 140 Å². The van der Waals surface area contributed by atoms with Crippen molar-refractivity contribution < 1.29 is 0 Å². The Hall–Kier alpha value is -6.00. The molecule has 4 heteroatoms. The van der Waals surface area contributed by atoms with Crippen molar-refractivity contribution in [1.29, 1.82) is 0 Å². The van der Waals surface area contributed by atoms with Crippen molar-refractivity contribution in [2.45, 2.75) is 12.8 Å². The summed E-state index contributed by atoms with van der Waals surface area (Å²) in [5.74, 6) is 0.701. The first kappa shape index (κ1) is 25.3. The van der Waals surface area contributed by atoms with Gasteiger partial charge in [0.05, 0.1) is 33.5 Å². The lowest BCUT2D eigenvalue weighted by Crippen LogP contribution is -2.09. The third kappa shape index (κ3) is 3.50. The first-order chi connectivity index (χ1) is 22.9. The van der Waals surface area contributed by atoms with E-state index in [1.807, 2.05) is 0 Å². The summed E-state index contributed by atoms with van der Waals surface area (Å²) in [6.07, 6.45) is 6.34. The molecule has 0 radical (unpaired) electrons. The number of hydrogen-bond donors (Lipinski definition) is 0. The summed E-state index contributed by atoms with van der Waals surface area (Å²) in [6, 6.07) is 47.7. The minimum absolute atomic E-state index is 0.701. The molecule has 4 nitrogen and oxygen atoms in total. The highest BCUT2D eigenvalue weighted by Gasteiger charge is 2.26. The molecule has 0 saturated carbocycles. The van der Waals surface area contributed by atoms with Gasteiger partial charge in [-0.1, -0.05) is 115 Å². The largest absolute Gasteiger partial charge is 0.309 e. The van der Waals surface area contributed by atoms with E-state index < -0.39 is 0 Å². The molecule has 3 aromatic heterocycles. The smallest absolute Gasteiger partial charge is 0.235 e. The number of hydrogen-bond acceptors (Lipinski definition) is 2. The molecule has 0 N–H and O–H groups in total. The lowest BCUT2D eigenvalue weighted by molar-refractivity contribution is 0.910. The summed E-state index contributed by atoms with van der Waals surface area (Å²) in [6.45, 7) is 0. The van der Waals surface area contributed by atoms with Gasteiger partial charge in [0, 0.05) is 49.1 Å². The molecule has 0 bridgehead atoms. The SMILES string of the molecule is C1=Cc2nc(-n3c4ccccc4c4c5c6ccccc6n(-c6ccccc6)c5c5ccccc5c43)nc(-c3ccccc3)c2CC1. The molecule has 10 rings (SSSR count). The molecule has 1 aliphatic rings. The van der Waals surface area contributed by atoms with Crippen LogP contribution in [0.25, 0.3) is 83.4 Å². The highest BCUT2D eigenvalue weighted by atomic mass is 15.2. The maximum Gasteiger partial charge on any atom is 0.235 e. The molecule has 0 saturated heterocycles. The molecular weight excluding hydrogens is 560 g/mol. The second-order valence-electron chi connectivity index (χ2n) is 12.1. The van der Waals surface area contributed by atoms with Crippen LogP contribution in [-0.2, 0) is 6.42 Å². The lowest BCUT2D eigenvalue weighted by Gasteiger charge is -2.18. The van der Waals surface area contributed by atoms with Crippen molar-refractivity contribution in [3.63, 3.8) is 0 Å². The zero-order chi connectivity index (χ0) is 30.2. The van der Waals surface area contributed by atoms with E-state index >= 15 is 0 Å². The topological polar surface area (TPSA) is 35.6 Å². The molecule has 0 aliphatic heterocycles. The third-order valence-electron chi connectivity index (χ3n) is 9.56. The Morgan fingerprint density at radius 1 is 0.500 bits per heavy atom. The molecule has 0 unspecified atom stereocenters. The number of para-hydroxylation sites is 3. The summed E-state index contributed by atoms with van der Waals surface area (Å²) >= 11 is 0. The van der Waals surface area contributed by atoms with Gasteiger partial charge >= 0.3 is 0 Å². The molecule has 3 heterocycles. The molecule has 0 amide bonds. The Labute approximate surface area is 265 Å². The number of fused-ring (bicyclic) bond motifs is 11. The van der Waals surface area contributed by atoms with Gasteiger partial charge < -0.3 is 4.57 Å². The Morgan fingerprint density at radius 3 is 1.72 bits per heavy atom. The maximum absolute atomic E-state index is 5.41. The Morgan fingerprint density at radius 2 is 1.04 bits per heavy atom. The normalized spacial score (nSPS) is 13.0. The summed E-state index contributed by atoms with van der Waals surface area (Å²) < 4.78 is 4.75. The van der Waals surface area contributed by atoms with E-state index in [0.29, 0.717) is 5.95 Å². The van der Waals surface area contributed by atoms with E-state index in [4.69, 9.17) is 9.97 Å². The summed E-state index contributed by atoms with van der Waals surface area (Å²) in [7, 11) is 0. The van der Waals surface area contributed by atoms with Crippen molar-refractivity contribution in [1.82, 2.24) is 19.1 Å². The Balaban J connectivity index is 1.44. The fraction of sp³-hybridized carbons (Fsp3) is 0.0476. The summed E-state index contributed by atoms with van der Waals surface area (Å²) in [5, 5.41) is 7.30. The van der Waals surface area contributed by atoms with E-state index in [1.54, 1.807) is 0 Å². The zero-order valence-electron chi connectivity index (χ0n) is 25.1. The Kier molecular flexibility index (Phi) is 5.37. The van der Waals surface area contributed by atoms with E-state index in [0.717, 1.165) is 46.5 Å². The molecule has 1 aliphatic carbocycles. The summed E-state index contributed by atoms with van der Waals surface area (Å²) in [4.78, 5) is 10.7. The van der Waals surface area contributed by atoms with Gasteiger partial charge in [0.15, 0.2) is 0 Å². The van der Waals surface area contributed by atoms with Gasteiger partial charge in [-0.05, 0) is 43.2 Å². The minimum Gasteiger partial charge on any atom is -0.309 e. The van der Waals surface area contributed by atoms with Gasteiger partial charge in [0.2, 0.25) is 5.95 Å². The van der Waals surface area contributed by atoms with Crippen molar-refractivity contribution >= 4 is 60.5 Å². The van der Waals surface area contributed by atoms with E-state index in [9.17, 15) is 0 Å². The zero-order valence-corrected chi connectivity index (χ0v) is 25.1. The Bertz CT molecular complexity index is 2680. The van der Waals surface area contributed by atoms with Crippen LogP contribution in [0.4, 0.5) is 0 Å². The van der Waals surface area contributed by atoms with E-state index in [2.05, 4.69) is 155 Å². The molecule has 6 aromatic carbocycles. The highest BCUT2D eigenvalue weighted by Crippen LogP contribution is 2.46. The predicted molar refractivity (Wildman–Crippen MR) is 191 cm³/mol. The van der Waals surface area contributed by atoms with Crippen molar-refractivity contribution in [3.05, 3.63) is 151 Å². The summed E-state index contributed by atoms with van der Waals surface area (Å²) in [5.41, 5.74) is 10.2.